The molecule has 1 heterocycles. The minimum atomic E-state index is -5.08. The van der Waals surface area contributed by atoms with Gasteiger partial charge < -0.3 is 20.2 Å². The van der Waals surface area contributed by atoms with Crippen LogP contribution in [-0.2, 0) is 17.9 Å². The van der Waals surface area contributed by atoms with Crippen LogP contribution in [0.1, 0.15) is 24.0 Å². The monoisotopic (exact) mass is 505 g/mol. The zero-order valence-electron chi connectivity index (χ0n) is 18.8. The molecule has 1 aliphatic heterocycles. The third kappa shape index (κ3) is 9.12. The second-order valence-electron chi connectivity index (χ2n) is 7.99. The van der Waals surface area contributed by atoms with Gasteiger partial charge in [-0.05, 0) is 56.7 Å². The first kappa shape index (κ1) is 28.0. The number of hydrogen-bond acceptors (Lipinski definition) is 3. The lowest BCUT2D eigenvalue weighted by Crippen LogP contribution is -2.49. The van der Waals surface area contributed by atoms with E-state index in [1.165, 1.54) is 24.3 Å². The van der Waals surface area contributed by atoms with Gasteiger partial charge in [0.05, 0.1) is 6.54 Å². The van der Waals surface area contributed by atoms with E-state index in [0.29, 0.717) is 0 Å². The average Bonchev–Trinajstić information content (AvgIpc) is 2.78. The van der Waals surface area contributed by atoms with Crippen molar-refractivity contribution in [3.63, 3.8) is 0 Å². The molecule has 0 aromatic heterocycles. The van der Waals surface area contributed by atoms with Gasteiger partial charge in [-0.1, -0.05) is 18.2 Å². The molecular formula is C23H25F6N3O3. The number of likely N-dealkylation sites (tertiary alicyclic amines) is 1. The number of carbonyl (C=O) groups excluding carboxylic acids is 1. The van der Waals surface area contributed by atoms with Crippen LogP contribution in [-0.4, -0.2) is 59.3 Å². The number of aliphatic carboxylic acids is 1. The fourth-order valence-corrected chi connectivity index (χ4v) is 3.39. The van der Waals surface area contributed by atoms with Crippen LogP contribution in [0.5, 0.6) is 0 Å². The summed E-state index contributed by atoms with van der Waals surface area (Å²) < 4.78 is 72.1. The van der Waals surface area contributed by atoms with E-state index in [2.05, 4.69) is 10.2 Å². The Bertz CT molecular complexity index is 993. The smallest absolute Gasteiger partial charge is 0.475 e. The fraction of sp³-hybridized carbons (Fsp3) is 0.391. The maximum Gasteiger partial charge on any atom is 0.490 e. The number of carboxylic acids is 1. The summed E-state index contributed by atoms with van der Waals surface area (Å²) in [5, 5.41) is 9.96. The Morgan fingerprint density at radius 1 is 1.03 bits per heavy atom. The number of rotatable bonds is 5. The molecule has 6 nitrogen and oxygen atoms in total. The number of urea groups is 1. The Balaban J connectivity index is 0.000000540. The molecule has 1 saturated heterocycles. The molecule has 0 saturated carbocycles. The van der Waals surface area contributed by atoms with Gasteiger partial charge in [-0.15, -0.1) is 0 Å². The van der Waals surface area contributed by atoms with Crippen molar-refractivity contribution < 1.29 is 41.0 Å². The second-order valence-corrected chi connectivity index (χ2v) is 7.99. The molecule has 0 spiro atoms. The zero-order chi connectivity index (χ0) is 26.2. The molecule has 1 fully saturated rings. The second kappa shape index (κ2) is 12.4. The quantitative estimate of drug-likeness (QED) is 0.586. The third-order valence-corrected chi connectivity index (χ3v) is 5.35. The topological polar surface area (TPSA) is 72.9 Å². The standard InChI is InChI=1S/C21H24F3N3O.C2HF3O2/c1-26-10-8-19(9-11-26)27(14-16-4-7-18(23)12-20(16)24)21(28)25-13-15-2-5-17(22)6-3-15;3-2(4,5)1(6)7/h2-7,12,19H,8-11,13-14H2,1H3,(H,25,28);(H,6,7). The fourth-order valence-electron chi connectivity index (χ4n) is 3.39. The predicted octanol–water partition coefficient (Wildman–Crippen LogP) is 4.54. The van der Waals surface area contributed by atoms with Crippen LogP contribution in [0.25, 0.3) is 0 Å². The van der Waals surface area contributed by atoms with Gasteiger partial charge >= 0.3 is 18.2 Å². The van der Waals surface area contributed by atoms with Crippen LogP contribution in [0.3, 0.4) is 0 Å². The maximum atomic E-state index is 14.1. The van der Waals surface area contributed by atoms with Crippen molar-refractivity contribution in [2.75, 3.05) is 20.1 Å². The number of nitrogens with zero attached hydrogens (tertiary/aromatic N) is 2. The van der Waals surface area contributed by atoms with Crippen molar-refractivity contribution in [1.29, 1.82) is 0 Å². The van der Waals surface area contributed by atoms with E-state index in [4.69, 9.17) is 9.90 Å². The molecule has 2 aromatic carbocycles. The lowest BCUT2D eigenvalue weighted by molar-refractivity contribution is -0.192. The Hall–Kier alpha value is -3.28. The summed E-state index contributed by atoms with van der Waals surface area (Å²) in [7, 11) is 2.02. The summed E-state index contributed by atoms with van der Waals surface area (Å²) in [5.74, 6) is -4.40. The van der Waals surface area contributed by atoms with Crippen molar-refractivity contribution in [1.82, 2.24) is 15.1 Å². The number of amides is 2. The number of hydrogen-bond donors (Lipinski definition) is 2. The van der Waals surface area contributed by atoms with Crippen LogP contribution in [0.15, 0.2) is 42.5 Å². The first-order chi connectivity index (χ1) is 16.4. The highest BCUT2D eigenvalue weighted by Crippen LogP contribution is 2.21. The molecule has 0 unspecified atom stereocenters. The lowest BCUT2D eigenvalue weighted by atomic mass is 10.0. The number of nitrogens with one attached hydrogen (secondary N) is 1. The summed E-state index contributed by atoms with van der Waals surface area (Å²) in [6.07, 6.45) is -3.52. The maximum absolute atomic E-state index is 14.1. The number of benzene rings is 2. The van der Waals surface area contributed by atoms with Crippen molar-refractivity contribution in [2.24, 2.45) is 0 Å². The van der Waals surface area contributed by atoms with Gasteiger partial charge in [0.1, 0.15) is 17.5 Å². The highest BCUT2D eigenvalue weighted by atomic mass is 19.4. The number of carboxylic acid groups (broad SMARTS) is 1. The number of alkyl halides is 3. The Kier molecular flexibility index (Phi) is 9.93. The van der Waals surface area contributed by atoms with Crippen molar-refractivity contribution in [2.45, 2.75) is 38.1 Å². The summed E-state index contributed by atoms with van der Waals surface area (Å²) in [6.45, 7) is 2.00. The minimum absolute atomic E-state index is 0.0335. The number of halogens is 6. The van der Waals surface area contributed by atoms with Crippen molar-refractivity contribution in [3.05, 3.63) is 71.0 Å². The van der Waals surface area contributed by atoms with Gasteiger partial charge in [0, 0.05) is 24.2 Å². The molecular weight excluding hydrogens is 480 g/mol. The normalized spacial score (nSPS) is 14.6. The van der Waals surface area contributed by atoms with Gasteiger partial charge in [-0.25, -0.2) is 22.8 Å². The molecule has 12 heteroatoms. The van der Waals surface area contributed by atoms with E-state index >= 15 is 0 Å². The Morgan fingerprint density at radius 3 is 2.09 bits per heavy atom. The van der Waals surface area contributed by atoms with Crippen LogP contribution < -0.4 is 5.32 Å². The molecule has 2 amide bonds. The molecule has 0 aliphatic carbocycles. The molecule has 2 N–H and O–H groups in total. The van der Waals surface area contributed by atoms with Gasteiger partial charge in [0.15, 0.2) is 0 Å². The molecule has 2 aromatic rings. The van der Waals surface area contributed by atoms with Gasteiger partial charge in [0.2, 0.25) is 0 Å². The zero-order valence-corrected chi connectivity index (χ0v) is 18.8. The van der Waals surface area contributed by atoms with E-state index in [9.17, 15) is 31.1 Å². The molecule has 0 atom stereocenters. The van der Waals surface area contributed by atoms with E-state index in [1.54, 1.807) is 17.0 Å². The van der Waals surface area contributed by atoms with E-state index in [0.717, 1.165) is 37.6 Å². The first-order valence-electron chi connectivity index (χ1n) is 10.6. The summed E-state index contributed by atoms with van der Waals surface area (Å²) >= 11 is 0. The SMILES string of the molecule is CN1CCC(N(Cc2ccc(F)cc2F)C(=O)NCc2ccc(F)cc2)CC1.O=C(O)C(F)(F)F. The largest absolute Gasteiger partial charge is 0.490 e. The van der Waals surface area contributed by atoms with Crippen molar-refractivity contribution in [3.8, 4) is 0 Å². The molecule has 0 bridgehead atoms. The third-order valence-electron chi connectivity index (χ3n) is 5.35. The summed E-state index contributed by atoms with van der Waals surface area (Å²) in [6, 6.07) is 8.94. The molecule has 1 aliphatic rings. The van der Waals surface area contributed by atoms with Crippen LogP contribution in [0, 0.1) is 17.5 Å². The van der Waals surface area contributed by atoms with Crippen molar-refractivity contribution >= 4 is 12.0 Å². The highest BCUT2D eigenvalue weighted by Gasteiger charge is 2.38. The van der Waals surface area contributed by atoms with Crippen LogP contribution in [0.4, 0.5) is 31.1 Å². The number of carbonyl (C=O) groups is 2. The highest BCUT2D eigenvalue weighted by molar-refractivity contribution is 5.74. The average molecular weight is 505 g/mol. The van der Waals surface area contributed by atoms with Gasteiger partial charge in [-0.2, -0.15) is 13.2 Å². The molecule has 35 heavy (non-hydrogen) atoms. The predicted molar refractivity (Wildman–Crippen MR) is 115 cm³/mol. The molecule has 3 rings (SSSR count). The Labute approximate surface area is 198 Å². The van der Waals surface area contributed by atoms with Crippen LogP contribution in [0.2, 0.25) is 0 Å². The first-order valence-corrected chi connectivity index (χ1v) is 10.6. The summed E-state index contributed by atoms with van der Waals surface area (Å²) in [4.78, 5) is 25.6. The Morgan fingerprint density at radius 2 is 1.57 bits per heavy atom. The van der Waals surface area contributed by atoms with Crippen LogP contribution >= 0.6 is 0 Å². The lowest BCUT2D eigenvalue weighted by Gasteiger charge is -2.37. The number of piperidine rings is 1. The van der Waals surface area contributed by atoms with E-state index < -0.39 is 23.8 Å². The molecule has 0 radical (unpaired) electrons. The molecule has 192 valence electrons. The summed E-state index contributed by atoms with van der Waals surface area (Å²) in [5.41, 5.74) is 1.04. The van der Waals surface area contributed by atoms with E-state index in [-0.39, 0.29) is 36.5 Å². The van der Waals surface area contributed by atoms with E-state index in [1.807, 2.05) is 7.05 Å². The van der Waals surface area contributed by atoms with Gasteiger partial charge in [-0.3, -0.25) is 0 Å². The van der Waals surface area contributed by atoms with Gasteiger partial charge in [0.25, 0.3) is 0 Å². The minimum Gasteiger partial charge on any atom is -0.475 e.